The standard InChI is InChI=1S/C22H22F3N3O2/c1-27-14-18(17-4-2-3-5-20(17)27)21(29)26-13-15-6-7-16(12-19(15)22(23,24)25)28-8-10-30-11-9-28/h2-7,12,14H,8-11,13H2,1H3,(H,26,29). The van der Waals surface area contributed by atoms with Crippen LogP contribution in [0.4, 0.5) is 18.9 Å². The van der Waals surface area contributed by atoms with Crippen molar-refractivity contribution in [2.45, 2.75) is 12.7 Å². The average molecular weight is 417 g/mol. The van der Waals surface area contributed by atoms with Crippen LogP contribution in [0.15, 0.2) is 48.7 Å². The second-order valence-corrected chi connectivity index (χ2v) is 7.29. The van der Waals surface area contributed by atoms with Gasteiger partial charge in [0, 0.05) is 49.5 Å². The summed E-state index contributed by atoms with van der Waals surface area (Å²) in [5.74, 6) is -0.405. The lowest BCUT2D eigenvalue weighted by atomic mass is 10.0. The average Bonchev–Trinajstić information content (AvgIpc) is 3.09. The Morgan fingerprint density at radius 3 is 2.60 bits per heavy atom. The summed E-state index contributed by atoms with van der Waals surface area (Å²) in [4.78, 5) is 14.6. The summed E-state index contributed by atoms with van der Waals surface area (Å²) in [5, 5.41) is 3.41. The molecule has 3 aromatic rings. The van der Waals surface area contributed by atoms with E-state index < -0.39 is 17.6 Å². The van der Waals surface area contributed by atoms with Crippen molar-refractivity contribution in [1.29, 1.82) is 0 Å². The van der Waals surface area contributed by atoms with Crippen molar-refractivity contribution in [3.8, 4) is 0 Å². The fourth-order valence-corrected chi connectivity index (χ4v) is 3.79. The van der Waals surface area contributed by atoms with E-state index in [0.717, 1.165) is 17.0 Å². The number of benzene rings is 2. The lowest BCUT2D eigenvalue weighted by Gasteiger charge is -2.29. The summed E-state index contributed by atoms with van der Waals surface area (Å²) >= 11 is 0. The van der Waals surface area contributed by atoms with Gasteiger partial charge < -0.3 is 19.5 Å². The van der Waals surface area contributed by atoms with Crippen molar-refractivity contribution in [3.05, 3.63) is 65.4 Å². The summed E-state index contributed by atoms with van der Waals surface area (Å²) in [5.41, 5.74) is 1.13. The van der Waals surface area contributed by atoms with Gasteiger partial charge >= 0.3 is 6.18 Å². The van der Waals surface area contributed by atoms with Crippen molar-refractivity contribution < 1.29 is 22.7 Å². The molecule has 1 saturated heterocycles. The third-order valence-electron chi connectivity index (χ3n) is 5.36. The zero-order chi connectivity index (χ0) is 21.3. The first-order valence-electron chi connectivity index (χ1n) is 9.69. The minimum absolute atomic E-state index is 0.0353. The number of aryl methyl sites for hydroxylation is 1. The number of para-hydroxylation sites is 1. The van der Waals surface area contributed by atoms with Crippen LogP contribution in [0.1, 0.15) is 21.5 Å². The first-order valence-corrected chi connectivity index (χ1v) is 9.69. The van der Waals surface area contributed by atoms with Gasteiger partial charge in [-0.2, -0.15) is 13.2 Å². The first-order chi connectivity index (χ1) is 14.3. The monoisotopic (exact) mass is 417 g/mol. The lowest BCUT2D eigenvalue weighted by Crippen LogP contribution is -2.36. The van der Waals surface area contributed by atoms with Crippen molar-refractivity contribution in [2.24, 2.45) is 7.05 Å². The third-order valence-corrected chi connectivity index (χ3v) is 5.36. The number of hydrogen-bond acceptors (Lipinski definition) is 3. The molecule has 0 aliphatic carbocycles. The number of hydrogen-bond donors (Lipinski definition) is 1. The Bertz CT molecular complexity index is 1070. The predicted octanol–water partition coefficient (Wildman–Crippen LogP) is 3.96. The maximum atomic E-state index is 13.7. The fourth-order valence-electron chi connectivity index (χ4n) is 3.79. The Hall–Kier alpha value is -3.00. The molecule has 1 fully saturated rings. The molecule has 1 N–H and O–H groups in total. The highest BCUT2D eigenvalue weighted by molar-refractivity contribution is 6.06. The Morgan fingerprint density at radius 1 is 1.13 bits per heavy atom. The Kier molecular flexibility index (Phi) is 5.42. The molecule has 4 rings (SSSR count). The maximum Gasteiger partial charge on any atom is 0.416 e. The van der Waals surface area contributed by atoms with E-state index in [2.05, 4.69) is 5.32 Å². The molecule has 1 aromatic heterocycles. The molecule has 0 unspecified atom stereocenters. The number of nitrogens with zero attached hydrogens (tertiary/aromatic N) is 2. The van der Waals surface area contributed by atoms with E-state index in [1.807, 2.05) is 40.8 Å². The van der Waals surface area contributed by atoms with Crippen LogP contribution in [-0.2, 0) is 24.5 Å². The van der Waals surface area contributed by atoms with Gasteiger partial charge in [0.1, 0.15) is 0 Å². The molecule has 0 radical (unpaired) electrons. The topological polar surface area (TPSA) is 46.5 Å². The number of rotatable bonds is 4. The molecule has 1 amide bonds. The quantitative estimate of drug-likeness (QED) is 0.699. The molecule has 1 aliphatic rings. The van der Waals surface area contributed by atoms with E-state index in [1.165, 1.54) is 6.07 Å². The summed E-state index contributed by atoms with van der Waals surface area (Å²) in [6, 6.07) is 11.7. The highest BCUT2D eigenvalue weighted by Gasteiger charge is 2.34. The van der Waals surface area contributed by atoms with E-state index in [4.69, 9.17) is 4.74 Å². The number of aromatic nitrogens is 1. The van der Waals surface area contributed by atoms with Crippen LogP contribution in [-0.4, -0.2) is 36.8 Å². The number of alkyl halides is 3. The first kappa shape index (κ1) is 20.3. The van der Waals surface area contributed by atoms with Gasteiger partial charge in [0.2, 0.25) is 0 Å². The zero-order valence-electron chi connectivity index (χ0n) is 16.5. The molecule has 0 saturated carbocycles. The minimum atomic E-state index is -4.51. The second-order valence-electron chi connectivity index (χ2n) is 7.29. The van der Waals surface area contributed by atoms with E-state index in [1.54, 1.807) is 12.3 Å². The smallest absolute Gasteiger partial charge is 0.378 e. The summed E-state index contributed by atoms with van der Waals surface area (Å²) in [6.07, 6.45) is -2.83. The van der Waals surface area contributed by atoms with Crippen LogP contribution >= 0.6 is 0 Å². The predicted molar refractivity (Wildman–Crippen MR) is 109 cm³/mol. The van der Waals surface area contributed by atoms with E-state index in [-0.39, 0.29) is 12.1 Å². The number of carbonyl (C=O) groups excluding carboxylic acids is 1. The largest absolute Gasteiger partial charge is 0.416 e. The molecule has 2 heterocycles. The molecule has 0 atom stereocenters. The van der Waals surface area contributed by atoms with Crippen LogP contribution in [0.25, 0.3) is 10.9 Å². The van der Waals surface area contributed by atoms with Crippen molar-refractivity contribution in [2.75, 3.05) is 31.2 Å². The highest BCUT2D eigenvalue weighted by atomic mass is 19.4. The van der Waals surface area contributed by atoms with Crippen LogP contribution < -0.4 is 10.2 Å². The van der Waals surface area contributed by atoms with Crippen molar-refractivity contribution in [1.82, 2.24) is 9.88 Å². The number of amides is 1. The van der Waals surface area contributed by atoms with Crippen LogP contribution in [0.2, 0.25) is 0 Å². The van der Waals surface area contributed by atoms with Crippen molar-refractivity contribution >= 4 is 22.5 Å². The minimum Gasteiger partial charge on any atom is -0.378 e. The van der Waals surface area contributed by atoms with Gasteiger partial charge in [-0.25, -0.2) is 0 Å². The summed E-state index contributed by atoms with van der Waals surface area (Å²) in [6.45, 7) is 1.87. The van der Waals surface area contributed by atoms with Crippen molar-refractivity contribution in [3.63, 3.8) is 0 Å². The van der Waals surface area contributed by atoms with Gasteiger partial charge in [-0.05, 0) is 23.8 Å². The Morgan fingerprint density at radius 2 is 1.87 bits per heavy atom. The zero-order valence-corrected chi connectivity index (χ0v) is 16.5. The normalized spacial score (nSPS) is 14.9. The SMILES string of the molecule is Cn1cc(C(=O)NCc2ccc(N3CCOCC3)cc2C(F)(F)F)c2ccccc21. The number of anilines is 1. The lowest BCUT2D eigenvalue weighted by molar-refractivity contribution is -0.138. The Labute approximate surface area is 172 Å². The molecule has 2 aromatic carbocycles. The van der Waals surface area contributed by atoms with Crippen LogP contribution in [0.3, 0.4) is 0 Å². The number of morpholine rings is 1. The highest BCUT2D eigenvalue weighted by Crippen LogP contribution is 2.35. The van der Waals surface area contributed by atoms with Crippen LogP contribution in [0.5, 0.6) is 0 Å². The molecule has 0 spiro atoms. The molecule has 8 heteroatoms. The van der Waals surface area contributed by atoms with E-state index in [0.29, 0.717) is 37.6 Å². The molecule has 5 nitrogen and oxygen atoms in total. The number of carbonyl (C=O) groups is 1. The maximum absolute atomic E-state index is 13.7. The van der Waals surface area contributed by atoms with Crippen LogP contribution in [0, 0.1) is 0 Å². The number of nitrogens with one attached hydrogen (secondary N) is 1. The van der Waals surface area contributed by atoms with E-state index in [9.17, 15) is 18.0 Å². The number of ether oxygens (including phenoxy) is 1. The van der Waals surface area contributed by atoms with Gasteiger partial charge in [-0.1, -0.05) is 24.3 Å². The van der Waals surface area contributed by atoms with E-state index >= 15 is 0 Å². The number of halogens is 3. The molecule has 1 aliphatic heterocycles. The summed E-state index contributed by atoms with van der Waals surface area (Å²) < 4.78 is 48.2. The second kappa shape index (κ2) is 8.02. The fraction of sp³-hybridized carbons (Fsp3) is 0.318. The molecular formula is C22H22F3N3O2. The Balaban J connectivity index is 1.57. The molecular weight excluding hydrogens is 395 g/mol. The molecule has 30 heavy (non-hydrogen) atoms. The number of fused-ring (bicyclic) bond motifs is 1. The molecule has 158 valence electrons. The third kappa shape index (κ3) is 4.00. The van der Waals surface area contributed by atoms with Gasteiger partial charge in [0.05, 0.1) is 24.3 Å². The van der Waals surface area contributed by atoms with Gasteiger partial charge in [-0.15, -0.1) is 0 Å². The van der Waals surface area contributed by atoms with Gasteiger partial charge in [-0.3, -0.25) is 4.79 Å². The van der Waals surface area contributed by atoms with Gasteiger partial charge in [0.15, 0.2) is 0 Å². The molecule has 0 bridgehead atoms. The summed E-state index contributed by atoms with van der Waals surface area (Å²) in [7, 11) is 1.82. The van der Waals surface area contributed by atoms with Gasteiger partial charge in [0.25, 0.3) is 5.91 Å².